The van der Waals surface area contributed by atoms with Crippen molar-refractivity contribution in [3.63, 3.8) is 0 Å². The Bertz CT molecular complexity index is 680. The van der Waals surface area contributed by atoms with Gasteiger partial charge in [0.05, 0.1) is 0 Å². The van der Waals surface area contributed by atoms with Crippen molar-refractivity contribution >= 4 is 23.5 Å². The average Bonchev–Trinajstić information content (AvgIpc) is 3.05. The first-order valence-corrected chi connectivity index (χ1v) is 9.85. The highest BCUT2D eigenvalue weighted by Crippen LogP contribution is 2.36. The summed E-state index contributed by atoms with van der Waals surface area (Å²) in [5.41, 5.74) is 4.31. The Balaban J connectivity index is 1.61. The van der Waals surface area contributed by atoms with Gasteiger partial charge in [-0.25, -0.2) is 9.59 Å². The third-order valence-corrected chi connectivity index (χ3v) is 6.09. The number of hydrogen-bond acceptors (Lipinski definition) is 7. The van der Waals surface area contributed by atoms with Crippen molar-refractivity contribution in [2.24, 2.45) is 11.8 Å². The van der Waals surface area contributed by atoms with Gasteiger partial charge in [0.2, 0.25) is 5.44 Å². The molecule has 1 saturated heterocycles. The summed E-state index contributed by atoms with van der Waals surface area (Å²) in [6.45, 7) is 4.34. The maximum absolute atomic E-state index is 12.5. The van der Waals surface area contributed by atoms with Gasteiger partial charge >= 0.3 is 11.7 Å². The van der Waals surface area contributed by atoms with Crippen molar-refractivity contribution < 1.29 is 14.3 Å². The molecule has 7 nitrogen and oxygen atoms in total. The number of nitrogens with two attached hydrogens (primary N) is 1. The van der Waals surface area contributed by atoms with Crippen LogP contribution in [-0.4, -0.2) is 32.8 Å². The molecule has 138 valence electrons. The molecule has 25 heavy (non-hydrogen) atoms. The lowest BCUT2D eigenvalue weighted by molar-refractivity contribution is -0.165. The lowest BCUT2D eigenvalue weighted by Gasteiger charge is -2.34. The van der Waals surface area contributed by atoms with Gasteiger partial charge in [-0.05, 0) is 37.2 Å². The highest BCUT2D eigenvalue weighted by molar-refractivity contribution is 8.00. The molecule has 2 N–H and O–H groups in total. The number of esters is 1. The molecule has 0 bridgehead atoms. The third kappa shape index (κ3) is 4.17. The first-order valence-electron chi connectivity index (χ1n) is 8.80. The van der Waals surface area contributed by atoms with Gasteiger partial charge in [-0.2, -0.15) is 4.98 Å². The number of carbonyl (C=O) groups excluding carboxylic acids is 1. The van der Waals surface area contributed by atoms with Gasteiger partial charge in [0, 0.05) is 11.9 Å². The smallest absolute Gasteiger partial charge is 0.351 e. The molecule has 1 aliphatic heterocycles. The number of nitrogen functional groups attached to an aromatic ring is 1. The van der Waals surface area contributed by atoms with E-state index in [1.807, 2.05) is 0 Å². The minimum absolute atomic E-state index is 0.0367. The van der Waals surface area contributed by atoms with Crippen LogP contribution in [0.5, 0.6) is 0 Å². The molecule has 0 spiro atoms. The Labute approximate surface area is 151 Å². The predicted molar refractivity (Wildman–Crippen MR) is 96.0 cm³/mol. The van der Waals surface area contributed by atoms with Gasteiger partial charge in [0.15, 0.2) is 0 Å². The molecule has 0 unspecified atom stereocenters. The van der Waals surface area contributed by atoms with Crippen molar-refractivity contribution in [3.8, 4) is 0 Å². The van der Waals surface area contributed by atoms with Gasteiger partial charge < -0.3 is 15.2 Å². The number of carbonyl (C=O) groups is 1. The molecule has 1 aromatic rings. The normalized spacial score (nSPS) is 32.5. The second kappa shape index (κ2) is 7.78. The van der Waals surface area contributed by atoms with Gasteiger partial charge in [-0.15, -0.1) is 11.8 Å². The van der Waals surface area contributed by atoms with Crippen LogP contribution in [0, 0.1) is 11.8 Å². The lowest BCUT2D eigenvalue weighted by atomic mass is 9.79. The molecule has 1 aliphatic carbocycles. The van der Waals surface area contributed by atoms with Gasteiger partial charge in [-0.1, -0.05) is 20.3 Å². The van der Waals surface area contributed by atoms with Crippen LogP contribution in [0.4, 0.5) is 5.82 Å². The Kier molecular flexibility index (Phi) is 5.68. The maximum atomic E-state index is 12.5. The zero-order chi connectivity index (χ0) is 18.0. The first kappa shape index (κ1) is 18.3. The van der Waals surface area contributed by atoms with Crippen molar-refractivity contribution in [1.29, 1.82) is 0 Å². The van der Waals surface area contributed by atoms with E-state index in [1.165, 1.54) is 28.8 Å². The SMILES string of the molecule is CC[C@@H]1CC[C@@H](C)C[C@H]1OC(=O)[C@@H]1O[C@H](n2ccc(N)nc2=O)CS1. The fraction of sp³-hybridized carbons (Fsp3) is 0.706. The molecule has 3 rings (SSSR count). The second-order valence-corrected chi connectivity index (χ2v) is 7.95. The summed E-state index contributed by atoms with van der Waals surface area (Å²) in [6, 6.07) is 1.54. The van der Waals surface area contributed by atoms with Gasteiger partial charge in [0.25, 0.3) is 0 Å². The predicted octanol–water partition coefficient (Wildman–Crippen LogP) is 2.17. The quantitative estimate of drug-likeness (QED) is 0.815. The largest absolute Gasteiger partial charge is 0.460 e. The summed E-state index contributed by atoms with van der Waals surface area (Å²) >= 11 is 1.35. The van der Waals surface area contributed by atoms with E-state index in [0.29, 0.717) is 17.6 Å². The van der Waals surface area contributed by atoms with Crippen molar-refractivity contribution in [1.82, 2.24) is 9.55 Å². The summed E-state index contributed by atoms with van der Waals surface area (Å²) in [5, 5.41) is 0. The fourth-order valence-electron chi connectivity index (χ4n) is 3.51. The highest BCUT2D eigenvalue weighted by Gasteiger charge is 2.37. The Morgan fingerprint density at radius 2 is 2.32 bits per heavy atom. The number of hydrogen-bond donors (Lipinski definition) is 1. The molecule has 1 saturated carbocycles. The summed E-state index contributed by atoms with van der Waals surface area (Å²) in [4.78, 5) is 28.1. The van der Waals surface area contributed by atoms with Crippen LogP contribution in [0.15, 0.2) is 17.1 Å². The van der Waals surface area contributed by atoms with Crippen LogP contribution in [0.3, 0.4) is 0 Å². The Hall–Kier alpha value is -1.54. The van der Waals surface area contributed by atoms with Gasteiger partial charge in [0.1, 0.15) is 18.1 Å². The van der Waals surface area contributed by atoms with E-state index < -0.39 is 17.4 Å². The lowest BCUT2D eigenvalue weighted by Crippen LogP contribution is -2.36. The average molecular weight is 367 g/mol. The third-order valence-electron chi connectivity index (χ3n) is 5.01. The summed E-state index contributed by atoms with van der Waals surface area (Å²) in [7, 11) is 0. The van der Waals surface area contributed by atoms with E-state index >= 15 is 0 Å². The van der Waals surface area contributed by atoms with Crippen LogP contribution >= 0.6 is 11.8 Å². The number of thioether (sulfide) groups is 1. The minimum Gasteiger partial charge on any atom is -0.460 e. The second-order valence-electron chi connectivity index (χ2n) is 6.86. The zero-order valence-corrected chi connectivity index (χ0v) is 15.4. The van der Waals surface area contributed by atoms with E-state index in [4.69, 9.17) is 15.2 Å². The number of aromatic nitrogens is 2. The Morgan fingerprint density at radius 3 is 3.04 bits per heavy atom. The van der Waals surface area contributed by atoms with Crippen molar-refractivity contribution in [2.45, 2.75) is 57.3 Å². The molecule has 2 aliphatic rings. The molecule has 5 atom stereocenters. The zero-order valence-electron chi connectivity index (χ0n) is 14.6. The van der Waals surface area contributed by atoms with E-state index in [2.05, 4.69) is 18.8 Å². The van der Waals surface area contributed by atoms with Crippen LogP contribution in [-0.2, 0) is 14.3 Å². The molecule has 0 radical (unpaired) electrons. The molecular weight excluding hydrogens is 342 g/mol. The summed E-state index contributed by atoms with van der Waals surface area (Å²) in [6.07, 6.45) is 5.19. The number of ether oxygens (including phenoxy) is 2. The van der Waals surface area contributed by atoms with E-state index in [-0.39, 0.29) is 17.9 Å². The van der Waals surface area contributed by atoms with E-state index in [0.717, 1.165) is 19.3 Å². The minimum atomic E-state index is -0.704. The summed E-state index contributed by atoms with van der Waals surface area (Å²) in [5.74, 6) is 1.31. The topological polar surface area (TPSA) is 96.4 Å². The molecule has 1 aromatic heterocycles. The van der Waals surface area contributed by atoms with Crippen LogP contribution in [0.25, 0.3) is 0 Å². The first-order chi connectivity index (χ1) is 12.0. The maximum Gasteiger partial charge on any atom is 0.351 e. The Morgan fingerprint density at radius 1 is 1.52 bits per heavy atom. The highest BCUT2D eigenvalue weighted by atomic mass is 32.2. The molecule has 0 amide bonds. The number of nitrogens with zero attached hydrogens (tertiary/aromatic N) is 2. The fourth-order valence-corrected chi connectivity index (χ4v) is 4.49. The molecule has 2 heterocycles. The molecular formula is C17H25N3O4S. The monoisotopic (exact) mass is 367 g/mol. The van der Waals surface area contributed by atoms with Crippen LogP contribution in [0.1, 0.15) is 45.8 Å². The van der Waals surface area contributed by atoms with Crippen LogP contribution in [0.2, 0.25) is 0 Å². The van der Waals surface area contributed by atoms with Crippen molar-refractivity contribution in [2.75, 3.05) is 11.5 Å². The van der Waals surface area contributed by atoms with E-state index in [9.17, 15) is 9.59 Å². The van der Waals surface area contributed by atoms with Crippen LogP contribution < -0.4 is 11.4 Å². The number of anilines is 1. The van der Waals surface area contributed by atoms with Crippen molar-refractivity contribution in [3.05, 3.63) is 22.7 Å². The standard InChI is InChI=1S/C17H25N3O4S/c1-3-11-5-4-10(2)8-12(11)23-15(21)16-24-14(9-25-16)20-7-6-13(18)19-17(20)22/h6-7,10-12,14,16H,3-5,8-9H2,1-2H3,(H2,18,19,22)/t10-,11-,12-,14+,16-/m1/s1. The summed E-state index contributed by atoms with van der Waals surface area (Å²) < 4.78 is 12.9. The van der Waals surface area contributed by atoms with E-state index in [1.54, 1.807) is 6.20 Å². The molecule has 2 fully saturated rings. The molecule has 0 aromatic carbocycles. The van der Waals surface area contributed by atoms with Gasteiger partial charge in [-0.3, -0.25) is 4.57 Å². The number of rotatable bonds is 4. The molecule has 8 heteroatoms.